The molecule has 1 fully saturated rings. The van der Waals surface area contributed by atoms with E-state index in [1.807, 2.05) is 6.92 Å². The second kappa shape index (κ2) is 2.90. The minimum absolute atomic E-state index is 0.0642. The van der Waals surface area contributed by atoms with Crippen LogP contribution in [0.3, 0.4) is 0 Å². The van der Waals surface area contributed by atoms with Crippen molar-refractivity contribution in [3.8, 4) is 0 Å². The molecule has 0 saturated carbocycles. The van der Waals surface area contributed by atoms with Crippen molar-refractivity contribution in [2.75, 3.05) is 6.54 Å². The van der Waals surface area contributed by atoms with E-state index in [1.54, 1.807) is 0 Å². The number of nitrogens with zero attached hydrogens (tertiary/aromatic N) is 1. The Morgan fingerprint density at radius 2 is 2.45 bits per heavy atom. The Morgan fingerprint density at radius 3 is 2.82 bits per heavy atom. The highest BCUT2D eigenvalue weighted by Gasteiger charge is 2.37. The zero-order valence-corrected chi connectivity index (χ0v) is 6.66. The van der Waals surface area contributed by atoms with Crippen LogP contribution in [0.5, 0.6) is 0 Å². The fraction of sp³-hybridized carbons (Fsp3) is 0.714. The van der Waals surface area contributed by atoms with E-state index in [0.29, 0.717) is 6.54 Å². The van der Waals surface area contributed by atoms with Crippen molar-refractivity contribution in [3.05, 3.63) is 0 Å². The first kappa shape index (κ1) is 8.04. The lowest BCUT2D eigenvalue weighted by Gasteiger charge is -2.34. The summed E-state index contributed by atoms with van der Waals surface area (Å²) in [4.78, 5) is 25.9. The maximum Gasteiger partial charge on any atom is 0.329 e. The minimum Gasteiger partial charge on any atom is -0.338 e. The van der Waals surface area contributed by atoms with Crippen LogP contribution in [0.15, 0.2) is 0 Å². The number of hydrogen-bond acceptors (Lipinski definition) is 3. The first-order valence-corrected chi connectivity index (χ1v) is 3.65. The van der Waals surface area contributed by atoms with E-state index in [0.717, 1.165) is 11.5 Å². The van der Waals surface area contributed by atoms with Gasteiger partial charge in [-0.1, -0.05) is 6.92 Å². The maximum absolute atomic E-state index is 11.0. The summed E-state index contributed by atoms with van der Waals surface area (Å²) in [5.41, 5.74) is 0. The quantitative estimate of drug-likeness (QED) is 0.543. The third-order valence-corrected chi connectivity index (χ3v) is 1.71. The fourth-order valence-electron chi connectivity index (χ4n) is 1.00. The van der Waals surface area contributed by atoms with E-state index < -0.39 is 5.97 Å². The Morgan fingerprint density at radius 1 is 1.82 bits per heavy atom. The first-order chi connectivity index (χ1) is 5.15. The molecule has 0 radical (unpaired) electrons. The van der Waals surface area contributed by atoms with Crippen LogP contribution in [0.4, 0.5) is 0 Å². The van der Waals surface area contributed by atoms with Crippen molar-refractivity contribution >= 4 is 11.9 Å². The molecule has 0 aromatic heterocycles. The molecule has 4 heteroatoms. The highest BCUT2D eigenvalue weighted by molar-refractivity contribution is 5.84. The van der Waals surface area contributed by atoms with Crippen molar-refractivity contribution < 1.29 is 14.4 Å². The molecule has 1 amide bonds. The highest BCUT2D eigenvalue weighted by Crippen LogP contribution is 2.20. The molecule has 1 rings (SSSR count). The topological polar surface area (TPSA) is 46.6 Å². The minimum atomic E-state index is -0.437. The summed E-state index contributed by atoms with van der Waals surface area (Å²) >= 11 is 0. The molecule has 0 aliphatic carbocycles. The van der Waals surface area contributed by atoms with Crippen LogP contribution in [0.25, 0.3) is 0 Å². The van der Waals surface area contributed by atoms with Crippen molar-refractivity contribution in [1.29, 1.82) is 0 Å². The SMILES string of the molecule is CCC1CN(OC(C)=O)C1=O. The van der Waals surface area contributed by atoms with Gasteiger partial charge >= 0.3 is 5.97 Å². The lowest BCUT2D eigenvalue weighted by molar-refractivity contribution is -0.219. The van der Waals surface area contributed by atoms with Gasteiger partial charge in [0.25, 0.3) is 5.91 Å². The molecular weight excluding hydrogens is 146 g/mol. The van der Waals surface area contributed by atoms with Gasteiger partial charge < -0.3 is 4.84 Å². The zero-order chi connectivity index (χ0) is 8.43. The average molecular weight is 157 g/mol. The van der Waals surface area contributed by atoms with Crippen molar-refractivity contribution in [2.24, 2.45) is 5.92 Å². The fourth-order valence-corrected chi connectivity index (χ4v) is 1.00. The smallest absolute Gasteiger partial charge is 0.329 e. The molecule has 11 heavy (non-hydrogen) atoms. The largest absolute Gasteiger partial charge is 0.338 e. The van der Waals surface area contributed by atoms with Crippen molar-refractivity contribution in [1.82, 2.24) is 5.06 Å². The van der Waals surface area contributed by atoms with Gasteiger partial charge in [-0.15, -0.1) is 0 Å². The monoisotopic (exact) mass is 157 g/mol. The number of carbonyl (C=O) groups is 2. The molecule has 0 spiro atoms. The van der Waals surface area contributed by atoms with E-state index >= 15 is 0 Å². The van der Waals surface area contributed by atoms with Gasteiger partial charge in [0, 0.05) is 6.92 Å². The van der Waals surface area contributed by atoms with Gasteiger partial charge in [-0.3, -0.25) is 9.59 Å². The van der Waals surface area contributed by atoms with Crippen LogP contribution >= 0.6 is 0 Å². The Bertz CT molecular complexity index is 190. The van der Waals surface area contributed by atoms with Crippen LogP contribution in [0.2, 0.25) is 0 Å². The van der Waals surface area contributed by atoms with E-state index in [2.05, 4.69) is 4.84 Å². The lowest BCUT2D eigenvalue weighted by atomic mass is 9.99. The molecule has 1 atom stereocenters. The highest BCUT2D eigenvalue weighted by atomic mass is 16.7. The Labute approximate surface area is 65.1 Å². The van der Waals surface area contributed by atoms with Crippen LogP contribution in [-0.4, -0.2) is 23.5 Å². The molecule has 1 aliphatic rings. The van der Waals surface area contributed by atoms with Gasteiger partial charge in [0.2, 0.25) is 0 Å². The molecule has 4 nitrogen and oxygen atoms in total. The number of hydroxylamine groups is 2. The number of carbonyl (C=O) groups excluding carboxylic acids is 2. The third kappa shape index (κ3) is 1.50. The zero-order valence-electron chi connectivity index (χ0n) is 6.66. The predicted molar refractivity (Wildman–Crippen MR) is 37.3 cm³/mol. The number of rotatable bonds is 2. The van der Waals surface area contributed by atoms with Gasteiger partial charge in [0.05, 0.1) is 12.5 Å². The Kier molecular flexibility index (Phi) is 2.12. The van der Waals surface area contributed by atoms with Crippen LogP contribution < -0.4 is 0 Å². The number of amides is 1. The molecule has 0 bridgehead atoms. The Balaban J connectivity index is 2.33. The summed E-state index contributed by atoms with van der Waals surface area (Å²) in [6, 6.07) is 0. The summed E-state index contributed by atoms with van der Waals surface area (Å²) in [7, 11) is 0. The first-order valence-electron chi connectivity index (χ1n) is 3.65. The molecule has 0 N–H and O–H groups in total. The van der Waals surface area contributed by atoms with E-state index in [-0.39, 0.29) is 11.8 Å². The van der Waals surface area contributed by atoms with E-state index in [4.69, 9.17) is 0 Å². The summed E-state index contributed by atoms with van der Waals surface area (Å²) in [5, 5.41) is 1.11. The molecule has 1 saturated heterocycles. The normalized spacial score (nSPS) is 22.9. The van der Waals surface area contributed by atoms with Gasteiger partial charge in [0.1, 0.15) is 0 Å². The van der Waals surface area contributed by atoms with Crippen molar-refractivity contribution in [2.45, 2.75) is 20.3 Å². The van der Waals surface area contributed by atoms with Crippen molar-refractivity contribution in [3.63, 3.8) is 0 Å². The Hall–Kier alpha value is -1.06. The molecule has 0 aromatic rings. The third-order valence-electron chi connectivity index (χ3n) is 1.71. The van der Waals surface area contributed by atoms with E-state index in [9.17, 15) is 9.59 Å². The number of β-lactam (4-membered cyclic amide) rings is 1. The summed E-state index contributed by atoms with van der Waals surface area (Å²) < 4.78 is 0. The van der Waals surface area contributed by atoms with E-state index in [1.165, 1.54) is 6.92 Å². The molecule has 0 aromatic carbocycles. The summed E-state index contributed by atoms with van der Waals surface area (Å²) in [6.07, 6.45) is 0.816. The summed E-state index contributed by atoms with van der Waals surface area (Å²) in [5.74, 6) is -0.454. The lowest BCUT2D eigenvalue weighted by Crippen LogP contribution is -2.52. The standard InChI is InChI=1S/C7H11NO3/c1-3-6-4-8(7(6)10)11-5(2)9/h6H,3-4H2,1-2H3. The second-order valence-electron chi connectivity index (χ2n) is 2.59. The van der Waals surface area contributed by atoms with Gasteiger partial charge in [-0.05, 0) is 6.42 Å². The summed E-state index contributed by atoms with van der Waals surface area (Å²) in [6.45, 7) is 3.77. The van der Waals surface area contributed by atoms with Gasteiger partial charge in [0.15, 0.2) is 0 Å². The van der Waals surface area contributed by atoms with Crippen LogP contribution in [-0.2, 0) is 14.4 Å². The predicted octanol–water partition coefficient (Wildman–Crippen LogP) is 0.333. The van der Waals surface area contributed by atoms with Crippen LogP contribution in [0.1, 0.15) is 20.3 Å². The second-order valence-corrected chi connectivity index (χ2v) is 2.59. The maximum atomic E-state index is 11.0. The average Bonchev–Trinajstić information content (AvgIpc) is 1.96. The molecule has 1 unspecified atom stereocenters. The van der Waals surface area contributed by atoms with Gasteiger partial charge in [-0.2, -0.15) is 5.06 Å². The molecule has 1 heterocycles. The molecular formula is C7H11NO3. The molecule has 62 valence electrons. The number of hydrogen-bond donors (Lipinski definition) is 0. The molecule has 1 aliphatic heterocycles. The van der Waals surface area contributed by atoms with Crippen LogP contribution in [0, 0.1) is 5.92 Å². The van der Waals surface area contributed by atoms with Gasteiger partial charge in [-0.25, -0.2) is 0 Å².